The van der Waals surface area contributed by atoms with Crippen molar-refractivity contribution in [1.82, 2.24) is 14.7 Å². The van der Waals surface area contributed by atoms with Gasteiger partial charge in [0.1, 0.15) is 0 Å². The Kier molecular flexibility index (Phi) is 4.24. The molecular formula is C17H21N3O2. The Morgan fingerprint density at radius 2 is 2.32 bits per heavy atom. The molecule has 1 fully saturated rings. The van der Waals surface area contributed by atoms with Gasteiger partial charge >= 0.3 is 0 Å². The Balaban J connectivity index is 1.81. The van der Waals surface area contributed by atoms with Crippen LogP contribution in [0.25, 0.3) is 5.69 Å². The van der Waals surface area contributed by atoms with Gasteiger partial charge in [-0.1, -0.05) is 6.07 Å². The second-order valence-electron chi connectivity index (χ2n) is 5.88. The van der Waals surface area contributed by atoms with Gasteiger partial charge in [-0.05, 0) is 50.5 Å². The second-order valence-corrected chi connectivity index (χ2v) is 5.88. The van der Waals surface area contributed by atoms with Gasteiger partial charge in [-0.2, -0.15) is 5.10 Å². The molecule has 0 saturated carbocycles. The summed E-state index contributed by atoms with van der Waals surface area (Å²) in [6.45, 7) is 2.54. The van der Waals surface area contributed by atoms with Crippen LogP contribution in [-0.2, 0) is 0 Å². The van der Waals surface area contributed by atoms with Gasteiger partial charge in [-0.15, -0.1) is 0 Å². The van der Waals surface area contributed by atoms with E-state index in [4.69, 9.17) is 0 Å². The molecule has 5 heteroatoms. The first-order valence-corrected chi connectivity index (χ1v) is 7.74. The molecule has 0 radical (unpaired) electrons. The van der Waals surface area contributed by atoms with E-state index in [1.165, 1.54) is 0 Å². The number of nitrogens with zero attached hydrogens (tertiary/aromatic N) is 3. The standard InChI is InChI=1S/C17H21N3O2/c1-13(21)11-15-7-3-9-19(15)17(22)14-5-2-6-16(12-14)20-10-4-8-18-20/h2,4-6,8,10,12-13,15,21H,3,7,9,11H2,1H3. The molecule has 116 valence electrons. The Morgan fingerprint density at radius 3 is 3.05 bits per heavy atom. The molecule has 1 saturated heterocycles. The number of hydrogen-bond donors (Lipinski definition) is 1. The molecule has 0 spiro atoms. The van der Waals surface area contributed by atoms with Crippen LogP contribution in [0.5, 0.6) is 0 Å². The molecule has 5 nitrogen and oxygen atoms in total. The molecule has 0 aliphatic carbocycles. The predicted octanol–water partition coefficient (Wildman–Crippen LogP) is 2.25. The first kappa shape index (κ1) is 14.8. The molecule has 2 unspecified atom stereocenters. The van der Waals surface area contributed by atoms with E-state index < -0.39 is 0 Å². The molecule has 1 aliphatic rings. The molecule has 2 heterocycles. The van der Waals surface area contributed by atoms with E-state index in [0.29, 0.717) is 12.0 Å². The molecular weight excluding hydrogens is 278 g/mol. The lowest BCUT2D eigenvalue weighted by Crippen LogP contribution is -2.37. The smallest absolute Gasteiger partial charge is 0.254 e. The molecule has 1 aromatic carbocycles. The van der Waals surface area contributed by atoms with Crippen LogP contribution < -0.4 is 0 Å². The zero-order valence-electron chi connectivity index (χ0n) is 12.7. The SMILES string of the molecule is CC(O)CC1CCCN1C(=O)c1cccc(-n2cccn2)c1. The third kappa shape index (κ3) is 3.04. The number of likely N-dealkylation sites (tertiary alicyclic amines) is 1. The summed E-state index contributed by atoms with van der Waals surface area (Å²) in [4.78, 5) is 14.7. The van der Waals surface area contributed by atoms with Crippen molar-refractivity contribution in [2.45, 2.75) is 38.3 Å². The van der Waals surface area contributed by atoms with E-state index in [1.54, 1.807) is 17.8 Å². The number of benzene rings is 1. The number of rotatable bonds is 4. The highest BCUT2D eigenvalue weighted by Gasteiger charge is 2.30. The van der Waals surface area contributed by atoms with E-state index >= 15 is 0 Å². The van der Waals surface area contributed by atoms with E-state index in [1.807, 2.05) is 41.4 Å². The minimum absolute atomic E-state index is 0.0390. The van der Waals surface area contributed by atoms with Crippen LogP contribution in [0.4, 0.5) is 0 Å². The molecule has 1 aromatic heterocycles. The van der Waals surface area contributed by atoms with E-state index in [9.17, 15) is 9.90 Å². The van der Waals surface area contributed by atoms with Crippen LogP contribution >= 0.6 is 0 Å². The van der Waals surface area contributed by atoms with Crippen molar-refractivity contribution in [1.29, 1.82) is 0 Å². The third-order valence-corrected chi connectivity index (χ3v) is 4.11. The highest BCUT2D eigenvalue weighted by Crippen LogP contribution is 2.24. The monoisotopic (exact) mass is 299 g/mol. The minimum Gasteiger partial charge on any atom is -0.393 e. The fraction of sp³-hybridized carbons (Fsp3) is 0.412. The van der Waals surface area contributed by atoms with E-state index in [-0.39, 0.29) is 18.1 Å². The van der Waals surface area contributed by atoms with Crippen LogP contribution in [-0.4, -0.2) is 44.4 Å². The van der Waals surface area contributed by atoms with Crippen molar-refractivity contribution in [2.75, 3.05) is 6.54 Å². The lowest BCUT2D eigenvalue weighted by atomic mass is 10.1. The van der Waals surface area contributed by atoms with Crippen molar-refractivity contribution < 1.29 is 9.90 Å². The van der Waals surface area contributed by atoms with Gasteiger partial charge in [0.25, 0.3) is 5.91 Å². The molecule has 3 rings (SSSR count). The summed E-state index contributed by atoms with van der Waals surface area (Å²) >= 11 is 0. The average Bonchev–Trinajstić information content (AvgIpc) is 3.17. The quantitative estimate of drug-likeness (QED) is 0.942. The van der Waals surface area contributed by atoms with Gasteiger partial charge in [0.05, 0.1) is 11.8 Å². The van der Waals surface area contributed by atoms with Gasteiger partial charge < -0.3 is 10.0 Å². The summed E-state index contributed by atoms with van der Waals surface area (Å²) in [5.41, 5.74) is 1.55. The van der Waals surface area contributed by atoms with Crippen LogP contribution in [0.3, 0.4) is 0 Å². The maximum atomic E-state index is 12.8. The Labute approximate surface area is 130 Å². The number of carbonyl (C=O) groups excluding carboxylic acids is 1. The normalized spacial score (nSPS) is 19.4. The zero-order chi connectivity index (χ0) is 15.5. The number of aliphatic hydroxyl groups is 1. The number of amides is 1. The van der Waals surface area contributed by atoms with Gasteiger partial charge in [0.15, 0.2) is 0 Å². The summed E-state index contributed by atoms with van der Waals surface area (Å²) in [6, 6.07) is 9.51. The molecule has 1 amide bonds. The van der Waals surface area contributed by atoms with Crippen LogP contribution in [0.2, 0.25) is 0 Å². The highest BCUT2D eigenvalue weighted by molar-refractivity contribution is 5.95. The molecule has 2 atom stereocenters. The lowest BCUT2D eigenvalue weighted by molar-refractivity contribution is 0.0682. The molecule has 1 aliphatic heterocycles. The first-order chi connectivity index (χ1) is 10.6. The van der Waals surface area contributed by atoms with Crippen molar-refractivity contribution >= 4 is 5.91 Å². The van der Waals surface area contributed by atoms with Gasteiger partial charge in [-0.3, -0.25) is 4.79 Å². The minimum atomic E-state index is -0.381. The summed E-state index contributed by atoms with van der Waals surface area (Å²) in [5, 5.41) is 13.8. The number of aliphatic hydroxyl groups excluding tert-OH is 1. The van der Waals surface area contributed by atoms with E-state index in [2.05, 4.69) is 5.10 Å². The number of hydrogen-bond acceptors (Lipinski definition) is 3. The number of aromatic nitrogens is 2. The third-order valence-electron chi connectivity index (χ3n) is 4.11. The maximum Gasteiger partial charge on any atom is 0.254 e. The van der Waals surface area contributed by atoms with Crippen LogP contribution in [0.15, 0.2) is 42.7 Å². The largest absolute Gasteiger partial charge is 0.393 e. The first-order valence-electron chi connectivity index (χ1n) is 7.74. The van der Waals surface area contributed by atoms with Crippen molar-refractivity contribution in [3.8, 4) is 5.69 Å². The maximum absolute atomic E-state index is 12.8. The van der Waals surface area contributed by atoms with Crippen LogP contribution in [0, 0.1) is 0 Å². The molecule has 0 bridgehead atoms. The summed E-state index contributed by atoms with van der Waals surface area (Å²) in [5.74, 6) is 0.0390. The zero-order valence-corrected chi connectivity index (χ0v) is 12.7. The Hall–Kier alpha value is -2.14. The van der Waals surface area contributed by atoms with Crippen LogP contribution in [0.1, 0.15) is 36.5 Å². The van der Waals surface area contributed by atoms with Gasteiger partial charge in [0, 0.05) is 30.5 Å². The average molecular weight is 299 g/mol. The van der Waals surface area contributed by atoms with Gasteiger partial charge in [-0.25, -0.2) is 4.68 Å². The molecule has 1 N–H and O–H groups in total. The number of carbonyl (C=O) groups is 1. The summed E-state index contributed by atoms with van der Waals surface area (Å²) in [6.07, 6.45) is 5.81. The topological polar surface area (TPSA) is 58.4 Å². The fourth-order valence-electron chi connectivity index (χ4n) is 3.11. The lowest BCUT2D eigenvalue weighted by Gasteiger charge is -2.26. The molecule has 2 aromatic rings. The molecule has 22 heavy (non-hydrogen) atoms. The predicted molar refractivity (Wildman–Crippen MR) is 83.9 cm³/mol. The summed E-state index contributed by atoms with van der Waals surface area (Å²) in [7, 11) is 0. The Morgan fingerprint density at radius 1 is 1.45 bits per heavy atom. The Bertz CT molecular complexity index is 637. The highest BCUT2D eigenvalue weighted by atomic mass is 16.3. The van der Waals surface area contributed by atoms with Crippen molar-refractivity contribution in [3.05, 3.63) is 48.3 Å². The van der Waals surface area contributed by atoms with E-state index in [0.717, 1.165) is 25.1 Å². The summed E-state index contributed by atoms with van der Waals surface area (Å²) < 4.78 is 1.74. The fourth-order valence-corrected chi connectivity index (χ4v) is 3.11. The second kappa shape index (κ2) is 6.32. The van der Waals surface area contributed by atoms with Gasteiger partial charge in [0.2, 0.25) is 0 Å². The van der Waals surface area contributed by atoms with Crippen molar-refractivity contribution in [3.63, 3.8) is 0 Å². The van der Waals surface area contributed by atoms with Crippen molar-refractivity contribution in [2.24, 2.45) is 0 Å².